The number of nitrogens with zero attached hydrogens (tertiary/aromatic N) is 1. The molecule has 1 N–H and O–H groups in total. The number of aromatic amines is 1. The molecule has 1 aliphatic carbocycles. The van der Waals surface area contributed by atoms with E-state index in [0.29, 0.717) is 5.92 Å². The van der Waals surface area contributed by atoms with Crippen LogP contribution in [0.25, 0.3) is 0 Å². The van der Waals surface area contributed by atoms with Crippen LogP contribution >= 0.6 is 0 Å². The Hall–Kier alpha value is -0.790. The third-order valence-electron chi connectivity index (χ3n) is 3.27. The molecule has 1 aliphatic rings. The molecule has 2 rings (SSSR count). The van der Waals surface area contributed by atoms with Crippen LogP contribution in [-0.2, 0) is 0 Å². The quantitative estimate of drug-likeness (QED) is 0.718. The SMILES string of the molecule is [3H]C(C)(C)C1(C)CC1c1cnc[nH]1. The van der Waals surface area contributed by atoms with Gasteiger partial charge in [-0.3, -0.25) is 0 Å². The Morgan fingerprint density at radius 1 is 1.83 bits per heavy atom. The van der Waals surface area contributed by atoms with Crippen molar-refractivity contribution >= 4 is 0 Å². The van der Waals surface area contributed by atoms with Crippen LogP contribution in [0.2, 0.25) is 0 Å². The smallest absolute Gasteiger partial charge is 0.0921 e. The molecule has 0 spiro atoms. The lowest BCUT2D eigenvalue weighted by Crippen LogP contribution is -2.06. The van der Waals surface area contributed by atoms with E-state index in [4.69, 9.17) is 1.37 Å². The highest BCUT2D eigenvalue weighted by atomic mass is 14.9. The van der Waals surface area contributed by atoms with Gasteiger partial charge in [-0.15, -0.1) is 0 Å². The molecule has 1 aromatic rings. The van der Waals surface area contributed by atoms with Crippen LogP contribution < -0.4 is 0 Å². The molecule has 1 heterocycles. The third kappa shape index (κ3) is 0.977. The fourth-order valence-electron chi connectivity index (χ4n) is 1.83. The van der Waals surface area contributed by atoms with Crippen LogP contribution in [0.1, 0.15) is 40.2 Å². The Morgan fingerprint density at radius 3 is 3.00 bits per heavy atom. The zero-order valence-corrected chi connectivity index (χ0v) is 7.89. The predicted octanol–water partition coefficient (Wildman–Crippen LogP) is 2.56. The lowest BCUT2D eigenvalue weighted by molar-refractivity contribution is 0.381. The van der Waals surface area contributed by atoms with E-state index < -0.39 is 0 Å². The second kappa shape index (κ2) is 2.35. The standard InChI is InChI=1S/C10H16N2/c1-7(2)10(3)4-8(10)9-5-11-6-12-9/h5-8H,4H2,1-3H3,(H,11,12)/i7T. The van der Waals surface area contributed by atoms with Gasteiger partial charge in [-0.25, -0.2) is 4.98 Å². The van der Waals surface area contributed by atoms with E-state index in [2.05, 4.69) is 16.9 Å². The van der Waals surface area contributed by atoms with E-state index in [1.54, 1.807) is 6.33 Å². The van der Waals surface area contributed by atoms with Crippen LogP contribution in [0, 0.1) is 11.3 Å². The number of nitrogens with one attached hydrogen (secondary N) is 1. The van der Waals surface area contributed by atoms with Crippen molar-refractivity contribution in [1.82, 2.24) is 9.97 Å². The molecule has 1 saturated carbocycles. The first-order valence-corrected chi connectivity index (χ1v) is 4.43. The van der Waals surface area contributed by atoms with E-state index in [1.165, 1.54) is 5.69 Å². The Balaban J connectivity index is 2.19. The van der Waals surface area contributed by atoms with E-state index in [9.17, 15) is 0 Å². The third-order valence-corrected chi connectivity index (χ3v) is 3.27. The molecule has 0 aliphatic heterocycles. The van der Waals surface area contributed by atoms with E-state index in [0.717, 1.165) is 6.42 Å². The maximum atomic E-state index is 8.04. The van der Waals surface area contributed by atoms with Crippen LogP contribution in [0.15, 0.2) is 12.5 Å². The molecule has 2 atom stereocenters. The van der Waals surface area contributed by atoms with E-state index >= 15 is 0 Å². The van der Waals surface area contributed by atoms with Crippen LogP contribution in [0.4, 0.5) is 0 Å². The second-order valence-corrected chi connectivity index (χ2v) is 4.18. The lowest BCUT2D eigenvalue weighted by Gasteiger charge is -2.14. The van der Waals surface area contributed by atoms with Crippen molar-refractivity contribution in [2.45, 2.75) is 33.1 Å². The maximum Gasteiger partial charge on any atom is 0.0921 e. The van der Waals surface area contributed by atoms with Gasteiger partial charge >= 0.3 is 0 Å². The molecular formula is C10H16N2. The summed E-state index contributed by atoms with van der Waals surface area (Å²) in [4.78, 5) is 7.15. The van der Waals surface area contributed by atoms with Gasteiger partial charge in [-0.2, -0.15) is 0 Å². The highest BCUT2D eigenvalue weighted by molar-refractivity contribution is 5.21. The lowest BCUT2D eigenvalue weighted by atomic mass is 9.91. The second-order valence-electron chi connectivity index (χ2n) is 4.18. The number of H-pyrrole nitrogens is 1. The Labute approximate surface area is 74.8 Å². The van der Waals surface area contributed by atoms with Crippen molar-refractivity contribution in [2.75, 3.05) is 0 Å². The van der Waals surface area contributed by atoms with Gasteiger partial charge in [-0.05, 0) is 17.7 Å². The van der Waals surface area contributed by atoms with Gasteiger partial charge in [0.25, 0.3) is 0 Å². The summed E-state index contributed by atoms with van der Waals surface area (Å²) in [5, 5.41) is 0. The van der Waals surface area contributed by atoms with Crippen molar-refractivity contribution in [1.29, 1.82) is 0 Å². The van der Waals surface area contributed by atoms with Crippen molar-refractivity contribution < 1.29 is 1.37 Å². The summed E-state index contributed by atoms with van der Waals surface area (Å²) < 4.78 is 8.04. The van der Waals surface area contributed by atoms with Crippen molar-refractivity contribution in [3.05, 3.63) is 18.2 Å². The van der Waals surface area contributed by atoms with Crippen LogP contribution in [-0.4, -0.2) is 9.97 Å². The molecule has 0 aromatic carbocycles. The number of imidazole rings is 1. The molecular weight excluding hydrogens is 148 g/mol. The molecule has 0 radical (unpaired) electrons. The van der Waals surface area contributed by atoms with Gasteiger partial charge in [0, 0.05) is 19.2 Å². The number of hydrogen-bond acceptors (Lipinski definition) is 1. The van der Waals surface area contributed by atoms with Gasteiger partial charge < -0.3 is 4.98 Å². The molecule has 2 unspecified atom stereocenters. The van der Waals surface area contributed by atoms with Crippen molar-refractivity contribution in [2.24, 2.45) is 11.3 Å². The van der Waals surface area contributed by atoms with Gasteiger partial charge in [0.15, 0.2) is 0 Å². The first-order chi connectivity index (χ1) is 5.95. The van der Waals surface area contributed by atoms with Gasteiger partial charge in [0.1, 0.15) is 0 Å². The minimum Gasteiger partial charge on any atom is -0.348 e. The zero-order chi connectivity index (χ0) is 9.69. The minimum absolute atomic E-state index is 0.125. The van der Waals surface area contributed by atoms with E-state index in [-0.39, 0.29) is 11.3 Å². The number of rotatable bonds is 2. The number of hydrogen-bond donors (Lipinski definition) is 1. The average Bonchev–Trinajstić information content (AvgIpc) is 2.51. The first kappa shape index (κ1) is 6.70. The summed E-state index contributed by atoms with van der Waals surface area (Å²) >= 11 is 0. The summed E-state index contributed by atoms with van der Waals surface area (Å²) in [7, 11) is 0. The fourth-order valence-corrected chi connectivity index (χ4v) is 1.83. The average molecular weight is 166 g/mol. The molecule has 1 aromatic heterocycles. The highest BCUT2D eigenvalue weighted by Gasteiger charge is 2.53. The Bertz CT molecular complexity index is 299. The molecule has 0 saturated heterocycles. The number of aromatic nitrogens is 2. The molecule has 0 amide bonds. The minimum atomic E-state index is -0.358. The molecule has 2 heteroatoms. The summed E-state index contributed by atoms with van der Waals surface area (Å²) in [5.74, 6) is 0.144. The Kier molecular flexibility index (Phi) is 1.31. The largest absolute Gasteiger partial charge is 0.348 e. The zero-order valence-electron chi connectivity index (χ0n) is 8.89. The normalized spacial score (nSPS) is 36.2. The molecule has 12 heavy (non-hydrogen) atoms. The van der Waals surface area contributed by atoms with Crippen molar-refractivity contribution in [3.63, 3.8) is 0 Å². The van der Waals surface area contributed by atoms with Crippen LogP contribution in [0.5, 0.6) is 0 Å². The topological polar surface area (TPSA) is 28.7 Å². The monoisotopic (exact) mass is 166 g/mol. The highest BCUT2D eigenvalue weighted by Crippen LogP contribution is 2.62. The summed E-state index contributed by atoms with van der Waals surface area (Å²) in [6, 6.07) is 0. The first-order valence-electron chi connectivity index (χ1n) is 4.93. The van der Waals surface area contributed by atoms with Gasteiger partial charge in [0.05, 0.1) is 6.33 Å². The summed E-state index contributed by atoms with van der Waals surface area (Å²) in [6.07, 6.45) is 4.69. The fraction of sp³-hybridized carbons (Fsp3) is 0.700. The van der Waals surface area contributed by atoms with Crippen LogP contribution in [0.3, 0.4) is 0 Å². The molecule has 2 nitrogen and oxygen atoms in total. The van der Waals surface area contributed by atoms with E-state index in [1.807, 2.05) is 20.0 Å². The van der Waals surface area contributed by atoms with Crippen molar-refractivity contribution in [3.8, 4) is 0 Å². The predicted molar refractivity (Wildman–Crippen MR) is 48.9 cm³/mol. The van der Waals surface area contributed by atoms with Gasteiger partial charge in [0.2, 0.25) is 0 Å². The summed E-state index contributed by atoms with van der Waals surface area (Å²) in [5.41, 5.74) is 1.31. The summed E-state index contributed by atoms with van der Waals surface area (Å²) in [6.45, 7) is 6.16. The Morgan fingerprint density at radius 2 is 2.58 bits per heavy atom. The molecule has 66 valence electrons. The van der Waals surface area contributed by atoms with Gasteiger partial charge in [-0.1, -0.05) is 20.8 Å². The maximum absolute atomic E-state index is 8.04. The molecule has 1 fully saturated rings. The molecule has 0 bridgehead atoms.